The van der Waals surface area contributed by atoms with E-state index in [4.69, 9.17) is 4.42 Å². The van der Waals surface area contributed by atoms with E-state index in [0.29, 0.717) is 22.9 Å². The Morgan fingerprint density at radius 2 is 1.61 bits per heavy atom. The highest BCUT2D eigenvalue weighted by Crippen LogP contribution is 2.24. The van der Waals surface area contributed by atoms with E-state index in [9.17, 15) is 18.4 Å². The van der Waals surface area contributed by atoms with Crippen molar-refractivity contribution in [1.29, 1.82) is 0 Å². The maximum absolute atomic E-state index is 13.2. The lowest BCUT2D eigenvalue weighted by atomic mass is 10.1. The average molecular weight is 448 g/mol. The second kappa shape index (κ2) is 9.39. The van der Waals surface area contributed by atoms with Crippen LogP contribution in [0.25, 0.3) is 22.9 Å². The first kappa shape index (κ1) is 21.8. The Morgan fingerprint density at radius 3 is 2.30 bits per heavy atom. The number of rotatable bonds is 6. The van der Waals surface area contributed by atoms with Gasteiger partial charge in [-0.1, -0.05) is 17.7 Å². The third-order valence-electron chi connectivity index (χ3n) is 4.70. The normalized spacial score (nSPS) is 10.6. The van der Waals surface area contributed by atoms with Crippen LogP contribution < -0.4 is 10.6 Å². The molecular weight excluding hydrogens is 430 g/mol. The van der Waals surface area contributed by atoms with Crippen molar-refractivity contribution in [2.24, 2.45) is 0 Å². The molecule has 33 heavy (non-hydrogen) atoms. The molecule has 7 nitrogen and oxygen atoms in total. The molecule has 0 aliphatic heterocycles. The molecule has 2 amide bonds. The van der Waals surface area contributed by atoms with Crippen molar-refractivity contribution in [3.05, 3.63) is 89.5 Å². The Balaban J connectivity index is 1.35. The predicted octanol–water partition coefficient (Wildman–Crippen LogP) is 4.36. The number of nitrogens with one attached hydrogen (secondary N) is 2. The molecule has 1 heterocycles. The predicted molar refractivity (Wildman–Crippen MR) is 117 cm³/mol. The van der Waals surface area contributed by atoms with Gasteiger partial charge in [-0.05, 0) is 55.5 Å². The second-order valence-corrected chi connectivity index (χ2v) is 7.22. The van der Waals surface area contributed by atoms with Gasteiger partial charge in [0.25, 0.3) is 5.91 Å². The first-order chi connectivity index (χ1) is 15.9. The van der Waals surface area contributed by atoms with Crippen LogP contribution in [0, 0.1) is 18.6 Å². The summed E-state index contributed by atoms with van der Waals surface area (Å²) >= 11 is 0. The molecule has 0 fully saturated rings. The number of aryl methyl sites for hydroxylation is 1. The summed E-state index contributed by atoms with van der Waals surface area (Å²) in [5.74, 6) is -2.46. The van der Waals surface area contributed by atoms with Crippen LogP contribution in [0.2, 0.25) is 0 Å². The molecule has 0 radical (unpaired) electrons. The summed E-state index contributed by atoms with van der Waals surface area (Å²) in [5, 5.41) is 13.0. The van der Waals surface area contributed by atoms with Gasteiger partial charge in [0.2, 0.25) is 17.7 Å². The van der Waals surface area contributed by atoms with Gasteiger partial charge in [-0.15, -0.1) is 10.2 Å². The number of hydrogen-bond acceptors (Lipinski definition) is 5. The molecule has 0 bridgehead atoms. The van der Waals surface area contributed by atoms with Gasteiger partial charge in [-0.2, -0.15) is 0 Å². The summed E-state index contributed by atoms with van der Waals surface area (Å²) in [6, 6.07) is 17.1. The van der Waals surface area contributed by atoms with Gasteiger partial charge in [0.05, 0.1) is 6.54 Å². The molecule has 1 aromatic heterocycles. The Morgan fingerprint density at radius 1 is 0.879 bits per heavy atom. The molecule has 0 spiro atoms. The lowest BCUT2D eigenvalue weighted by Crippen LogP contribution is -2.32. The molecule has 4 aromatic rings. The third kappa shape index (κ3) is 5.27. The summed E-state index contributed by atoms with van der Waals surface area (Å²) in [5.41, 5.74) is 2.92. The van der Waals surface area contributed by atoms with E-state index in [1.54, 1.807) is 24.3 Å². The lowest BCUT2D eigenvalue weighted by molar-refractivity contribution is -0.115. The molecule has 2 N–H and O–H groups in total. The van der Waals surface area contributed by atoms with E-state index >= 15 is 0 Å². The zero-order valence-corrected chi connectivity index (χ0v) is 17.4. The Bertz CT molecular complexity index is 1320. The fourth-order valence-electron chi connectivity index (χ4n) is 3.04. The van der Waals surface area contributed by atoms with E-state index in [0.717, 1.165) is 23.3 Å². The molecular formula is C24H18F2N4O3. The number of halogens is 2. The number of hydrogen-bond donors (Lipinski definition) is 2. The fraction of sp³-hybridized carbons (Fsp3) is 0.0833. The van der Waals surface area contributed by atoms with Crippen molar-refractivity contribution in [3.63, 3.8) is 0 Å². The number of benzene rings is 3. The van der Waals surface area contributed by atoms with Crippen LogP contribution in [-0.2, 0) is 4.79 Å². The number of carbonyl (C=O) groups is 2. The molecule has 0 aliphatic carbocycles. The number of aromatic nitrogens is 2. The first-order valence-electron chi connectivity index (χ1n) is 9.93. The summed E-state index contributed by atoms with van der Waals surface area (Å²) in [6.07, 6.45) is 0. The highest BCUT2D eigenvalue weighted by Gasteiger charge is 2.13. The molecule has 0 saturated heterocycles. The standard InChI is InChI=1S/C24H18F2N4O3/c1-14-3-2-4-17(11-14)24-30-29-23(33-24)16-7-5-15(6-8-16)22(32)27-13-21(31)28-18-9-10-19(25)20(26)12-18/h2-12H,13H2,1H3,(H,27,32)(H,28,31). The van der Waals surface area contributed by atoms with E-state index in [1.807, 2.05) is 31.2 Å². The largest absolute Gasteiger partial charge is 0.416 e. The number of nitrogens with zero attached hydrogens (tertiary/aromatic N) is 2. The topological polar surface area (TPSA) is 97.1 Å². The Hall–Kier alpha value is -4.40. The van der Waals surface area contributed by atoms with E-state index < -0.39 is 23.4 Å². The molecule has 9 heteroatoms. The van der Waals surface area contributed by atoms with Crippen molar-refractivity contribution in [2.75, 3.05) is 11.9 Å². The molecule has 0 aliphatic rings. The van der Waals surface area contributed by atoms with Crippen LogP contribution in [0.1, 0.15) is 15.9 Å². The van der Waals surface area contributed by atoms with Gasteiger partial charge in [0.15, 0.2) is 11.6 Å². The summed E-state index contributed by atoms with van der Waals surface area (Å²) < 4.78 is 31.9. The maximum Gasteiger partial charge on any atom is 0.251 e. The van der Waals surface area contributed by atoms with Crippen molar-refractivity contribution < 1.29 is 22.8 Å². The number of amides is 2. The van der Waals surface area contributed by atoms with Gasteiger partial charge in [-0.3, -0.25) is 9.59 Å². The van der Waals surface area contributed by atoms with Crippen LogP contribution in [0.4, 0.5) is 14.5 Å². The molecule has 3 aromatic carbocycles. The quantitative estimate of drug-likeness (QED) is 0.457. The zero-order chi connectivity index (χ0) is 23.4. The number of carbonyl (C=O) groups excluding carboxylic acids is 2. The Labute approximate surface area is 187 Å². The van der Waals surface area contributed by atoms with Crippen LogP contribution in [0.5, 0.6) is 0 Å². The molecule has 4 rings (SSSR count). The minimum atomic E-state index is -1.08. The smallest absolute Gasteiger partial charge is 0.251 e. The van der Waals surface area contributed by atoms with Crippen molar-refractivity contribution in [1.82, 2.24) is 15.5 Å². The van der Waals surface area contributed by atoms with Gasteiger partial charge in [0, 0.05) is 28.4 Å². The summed E-state index contributed by atoms with van der Waals surface area (Å²) in [4.78, 5) is 24.3. The van der Waals surface area contributed by atoms with Crippen LogP contribution in [0.15, 0.2) is 71.1 Å². The Kier molecular flexibility index (Phi) is 6.21. The SMILES string of the molecule is Cc1cccc(-c2nnc(-c3ccc(C(=O)NCC(=O)Nc4ccc(F)c(F)c4)cc3)o2)c1. The van der Waals surface area contributed by atoms with Crippen molar-refractivity contribution in [2.45, 2.75) is 6.92 Å². The molecule has 0 saturated carbocycles. The minimum absolute atomic E-state index is 0.0853. The van der Waals surface area contributed by atoms with Crippen molar-refractivity contribution >= 4 is 17.5 Å². The monoisotopic (exact) mass is 448 g/mol. The third-order valence-corrected chi connectivity index (χ3v) is 4.70. The van der Waals surface area contributed by atoms with Gasteiger partial charge < -0.3 is 15.1 Å². The highest BCUT2D eigenvalue weighted by atomic mass is 19.2. The zero-order valence-electron chi connectivity index (χ0n) is 17.4. The van der Waals surface area contributed by atoms with Crippen LogP contribution >= 0.6 is 0 Å². The van der Waals surface area contributed by atoms with E-state index in [2.05, 4.69) is 20.8 Å². The summed E-state index contributed by atoms with van der Waals surface area (Å²) in [6.45, 7) is 1.62. The molecule has 0 unspecified atom stereocenters. The average Bonchev–Trinajstić information content (AvgIpc) is 3.30. The van der Waals surface area contributed by atoms with E-state index in [1.165, 1.54) is 6.07 Å². The van der Waals surface area contributed by atoms with Crippen molar-refractivity contribution in [3.8, 4) is 22.9 Å². The molecule has 0 atom stereocenters. The fourth-order valence-corrected chi connectivity index (χ4v) is 3.04. The molecule has 166 valence electrons. The van der Waals surface area contributed by atoms with Crippen LogP contribution in [0.3, 0.4) is 0 Å². The van der Waals surface area contributed by atoms with Crippen LogP contribution in [-0.4, -0.2) is 28.6 Å². The summed E-state index contributed by atoms with van der Waals surface area (Å²) in [7, 11) is 0. The van der Waals surface area contributed by atoms with Gasteiger partial charge in [0.1, 0.15) is 0 Å². The minimum Gasteiger partial charge on any atom is -0.416 e. The lowest BCUT2D eigenvalue weighted by Gasteiger charge is -2.07. The maximum atomic E-state index is 13.2. The second-order valence-electron chi connectivity index (χ2n) is 7.22. The highest BCUT2D eigenvalue weighted by molar-refractivity contribution is 5.99. The van der Waals surface area contributed by atoms with E-state index in [-0.39, 0.29) is 12.2 Å². The number of anilines is 1. The van der Waals surface area contributed by atoms with Gasteiger partial charge in [-0.25, -0.2) is 8.78 Å². The van der Waals surface area contributed by atoms with Gasteiger partial charge >= 0.3 is 0 Å². The first-order valence-corrected chi connectivity index (χ1v) is 9.93.